The van der Waals surface area contributed by atoms with Gasteiger partial charge in [-0.1, -0.05) is 60.7 Å². The molecule has 0 atom stereocenters. The molecule has 4 aromatic carbocycles. The lowest BCUT2D eigenvalue weighted by Gasteiger charge is -2.40. The minimum atomic E-state index is -2.96. The van der Waals surface area contributed by atoms with Crippen molar-refractivity contribution in [3.8, 4) is 22.5 Å². The molecule has 9 rings (SSSR count). The van der Waals surface area contributed by atoms with Gasteiger partial charge >= 0.3 is 6.83 Å². The summed E-state index contributed by atoms with van der Waals surface area (Å²) in [4.78, 5) is 4.60. The van der Waals surface area contributed by atoms with Gasteiger partial charge in [-0.25, -0.2) is 0 Å². The lowest BCUT2D eigenvalue weighted by atomic mass is 9.75. The second-order valence-corrected chi connectivity index (χ2v) is 9.36. The minimum absolute atomic E-state index is 0.807. The normalized spacial score (nSPS) is 14.9. The molecule has 2 aliphatic rings. The molecule has 4 nitrogen and oxygen atoms in total. The fraction of sp³-hybridized carbons (Fsp3) is 0. The number of fused-ring (bicyclic) bond motifs is 10. The monoisotopic (exact) mass is 438 g/mol. The third-order valence-electron chi connectivity index (χ3n) is 7.91. The number of nitrogens with zero attached hydrogens (tertiary/aromatic N) is 4. The lowest BCUT2D eigenvalue weighted by Crippen LogP contribution is -2.75. The van der Waals surface area contributed by atoms with E-state index in [1.54, 1.807) is 0 Å². The van der Waals surface area contributed by atoms with Crippen molar-refractivity contribution in [2.75, 3.05) is 0 Å². The quantitative estimate of drug-likeness (QED) is 0.271. The zero-order valence-electron chi connectivity index (χ0n) is 18.0. The van der Waals surface area contributed by atoms with E-state index < -0.39 is 6.83 Å². The highest BCUT2D eigenvalue weighted by Gasteiger charge is 2.56. The van der Waals surface area contributed by atoms with Gasteiger partial charge in [0.05, 0.1) is 23.5 Å². The second-order valence-electron chi connectivity index (χ2n) is 9.36. The molecule has 6 heteroatoms. The molecule has 0 aliphatic carbocycles. The highest BCUT2D eigenvalue weighted by molar-refractivity contribution is 6.68. The first-order valence-corrected chi connectivity index (χ1v) is 11.6. The molecule has 158 valence electrons. The lowest BCUT2D eigenvalue weighted by molar-refractivity contribution is -0.540. The van der Waals surface area contributed by atoms with Gasteiger partial charge in [-0.3, -0.25) is 4.98 Å². The molecule has 5 heterocycles. The van der Waals surface area contributed by atoms with E-state index in [9.17, 15) is 0 Å². The molecular weight excluding hydrogens is 422 g/mol. The van der Waals surface area contributed by atoms with Crippen LogP contribution in [0.2, 0.25) is 0 Å². The zero-order valence-corrected chi connectivity index (χ0v) is 18.0. The third-order valence-corrected chi connectivity index (χ3v) is 7.91. The summed E-state index contributed by atoms with van der Waals surface area (Å²) in [5.74, 6) is 0. The standard InChI is InChI=1S/C28H16BFN4/c30-29-32-25(21-11-5-9-19-17-7-1-3-13-23(17)33(29)27(19)21)15-31-16-26(32)22-12-6-10-20-18-8-2-4-14-24(18)34(29)28(20)22/h1-16H. The molecule has 0 fully saturated rings. The summed E-state index contributed by atoms with van der Waals surface area (Å²) in [7, 11) is 0. The average Bonchev–Trinajstić information content (AvgIpc) is 3.41. The Morgan fingerprint density at radius 1 is 0.588 bits per heavy atom. The van der Waals surface area contributed by atoms with Gasteiger partial charge in [0.25, 0.3) is 0 Å². The van der Waals surface area contributed by atoms with Crippen LogP contribution in [0.15, 0.2) is 97.3 Å². The number of hydrogen-bond donors (Lipinski definition) is 0. The van der Waals surface area contributed by atoms with Crippen LogP contribution in [0.5, 0.6) is 0 Å². The molecule has 2 aliphatic heterocycles. The summed E-state index contributed by atoms with van der Waals surface area (Å²) in [6, 6.07) is 28.8. The Kier molecular flexibility index (Phi) is 2.70. The molecule has 7 aromatic rings. The zero-order chi connectivity index (χ0) is 22.2. The molecule has 0 spiro atoms. The van der Waals surface area contributed by atoms with Crippen LogP contribution in [0.3, 0.4) is 0 Å². The van der Waals surface area contributed by atoms with Crippen LogP contribution >= 0.6 is 0 Å². The van der Waals surface area contributed by atoms with Gasteiger partial charge < -0.3 is 17.7 Å². The average molecular weight is 438 g/mol. The molecule has 0 radical (unpaired) electrons. The first-order valence-electron chi connectivity index (χ1n) is 11.6. The number of rotatable bonds is 0. The largest absolute Gasteiger partial charge is 0.667 e. The Morgan fingerprint density at radius 2 is 1.06 bits per heavy atom. The fourth-order valence-corrected chi connectivity index (χ4v) is 6.73. The third kappa shape index (κ3) is 1.62. The first-order chi connectivity index (χ1) is 16.8. The maximum atomic E-state index is 18.6. The van der Waals surface area contributed by atoms with E-state index in [0.29, 0.717) is 0 Å². The van der Waals surface area contributed by atoms with Crippen LogP contribution in [0.25, 0.3) is 66.1 Å². The fourth-order valence-electron chi connectivity index (χ4n) is 6.73. The van der Waals surface area contributed by atoms with E-state index in [-0.39, 0.29) is 0 Å². The number of hydrogen-bond acceptors (Lipinski definition) is 1. The Balaban J connectivity index is 1.66. The van der Waals surface area contributed by atoms with Crippen molar-refractivity contribution in [2.24, 2.45) is 0 Å². The number of benzene rings is 4. The molecule has 0 bridgehead atoms. The Morgan fingerprint density at radius 3 is 1.59 bits per heavy atom. The number of para-hydroxylation sites is 4. The van der Waals surface area contributed by atoms with E-state index in [1.165, 1.54) is 0 Å². The summed E-state index contributed by atoms with van der Waals surface area (Å²) >= 11 is 0. The summed E-state index contributed by atoms with van der Waals surface area (Å²) < 4.78 is 24.4. The van der Waals surface area contributed by atoms with Crippen LogP contribution < -0.4 is 4.48 Å². The van der Waals surface area contributed by atoms with E-state index in [4.69, 9.17) is 0 Å². The minimum Gasteiger partial charge on any atom is -0.400 e. The van der Waals surface area contributed by atoms with E-state index in [2.05, 4.69) is 53.5 Å². The van der Waals surface area contributed by atoms with Crippen molar-refractivity contribution in [3.05, 3.63) is 97.3 Å². The Bertz CT molecular complexity index is 1910. The van der Waals surface area contributed by atoms with E-state index >= 15 is 4.32 Å². The second kappa shape index (κ2) is 5.37. The van der Waals surface area contributed by atoms with Gasteiger partial charge in [-0.2, -0.15) is 0 Å². The Labute approximate surface area is 193 Å². The van der Waals surface area contributed by atoms with Crippen LogP contribution in [0.1, 0.15) is 0 Å². The molecule has 0 N–H and O–H groups in total. The molecule has 0 amide bonds. The summed E-state index contributed by atoms with van der Waals surface area (Å²) in [5, 5.41) is 4.26. The van der Waals surface area contributed by atoms with Crippen LogP contribution in [0, 0.1) is 0 Å². The first kappa shape index (κ1) is 17.1. The van der Waals surface area contributed by atoms with Gasteiger partial charge in [-0.15, -0.1) is 0 Å². The van der Waals surface area contributed by atoms with Gasteiger partial charge in [-0.05, 0) is 24.3 Å². The van der Waals surface area contributed by atoms with E-state index in [1.807, 2.05) is 62.2 Å². The summed E-state index contributed by atoms with van der Waals surface area (Å²) in [5.41, 5.74) is 7.28. The van der Waals surface area contributed by atoms with Gasteiger partial charge in [0, 0.05) is 43.6 Å². The van der Waals surface area contributed by atoms with Gasteiger partial charge in [0.1, 0.15) is 0 Å². The smallest absolute Gasteiger partial charge is 0.400 e. The highest BCUT2D eigenvalue weighted by atomic mass is 19.1. The Hall–Kier alpha value is -4.45. The van der Waals surface area contributed by atoms with Gasteiger partial charge in [0.2, 0.25) is 0 Å². The number of halogens is 1. The SMILES string of the molecule is F[B-]12n3c4ccccc4c4cccc(c43)-c3cncc([n+]31)-c1cccc3c4ccccc4n2c13. The molecule has 0 saturated carbocycles. The highest BCUT2D eigenvalue weighted by Crippen LogP contribution is 2.46. The van der Waals surface area contributed by atoms with Crippen molar-refractivity contribution >= 4 is 50.4 Å². The molecule has 34 heavy (non-hydrogen) atoms. The molecular formula is C28H16BFN4. The molecule has 0 saturated heterocycles. The topological polar surface area (TPSA) is 26.6 Å². The van der Waals surface area contributed by atoms with Crippen molar-refractivity contribution in [1.82, 2.24) is 13.9 Å². The predicted molar refractivity (Wildman–Crippen MR) is 134 cm³/mol. The molecule has 3 aromatic heterocycles. The maximum Gasteiger partial charge on any atom is 0.667 e. The summed E-state index contributed by atoms with van der Waals surface area (Å²) in [6.07, 6.45) is 3.62. The van der Waals surface area contributed by atoms with Crippen LogP contribution in [0.4, 0.5) is 4.32 Å². The van der Waals surface area contributed by atoms with Gasteiger partial charge in [0.15, 0.2) is 11.4 Å². The number of aromatic nitrogens is 4. The van der Waals surface area contributed by atoms with Crippen molar-refractivity contribution < 1.29 is 8.79 Å². The summed E-state index contributed by atoms with van der Waals surface area (Å²) in [6.45, 7) is -2.96. The van der Waals surface area contributed by atoms with E-state index in [0.717, 1.165) is 66.1 Å². The predicted octanol–water partition coefficient (Wildman–Crippen LogP) is 5.90. The van der Waals surface area contributed by atoms with Crippen LogP contribution in [-0.2, 0) is 0 Å². The van der Waals surface area contributed by atoms with Crippen molar-refractivity contribution in [1.29, 1.82) is 0 Å². The van der Waals surface area contributed by atoms with Crippen molar-refractivity contribution in [3.63, 3.8) is 0 Å². The molecule has 0 unspecified atom stereocenters. The van der Waals surface area contributed by atoms with Crippen molar-refractivity contribution in [2.45, 2.75) is 0 Å². The van der Waals surface area contributed by atoms with Crippen LogP contribution in [-0.4, -0.2) is 20.8 Å². The maximum absolute atomic E-state index is 18.6.